The Kier molecular flexibility index (Phi) is 9.21. The van der Waals surface area contributed by atoms with E-state index in [9.17, 15) is 0 Å². The van der Waals surface area contributed by atoms with Crippen molar-refractivity contribution in [1.82, 2.24) is 10.2 Å². The molecule has 0 aliphatic carbocycles. The Morgan fingerprint density at radius 2 is 1.77 bits per heavy atom. The van der Waals surface area contributed by atoms with Crippen molar-refractivity contribution in [2.24, 2.45) is 0 Å². The topological polar surface area (TPSA) is 15.3 Å². The lowest BCUT2D eigenvalue weighted by molar-refractivity contribution is 0.133. The quantitative estimate of drug-likeness (QED) is 0.722. The zero-order valence-corrected chi connectivity index (χ0v) is 9.96. The molecule has 1 N–H and O–H groups in total. The molecule has 1 saturated heterocycles. The molecule has 2 nitrogen and oxygen atoms in total. The average Bonchev–Trinajstić information content (AvgIpc) is 1.97. The molecule has 0 amide bonds. The summed E-state index contributed by atoms with van der Waals surface area (Å²) in [7, 11) is 0. The summed E-state index contributed by atoms with van der Waals surface area (Å²) in [5.41, 5.74) is 0. The van der Waals surface area contributed by atoms with Crippen LogP contribution >= 0.6 is 24.8 Å². The van der Waals surface area contributed by atoms with Gasteiger partial charge in [0.1, 0.15) is 0 Å². The number of piperazine rings is 1. The first-order valence-electron chi connectivity index (χ1n) is 4.33. The standard InChI is InChI=1S/C9H18N2.2ClH/c1-4-5-11-8(2)6-10-7-9(11)3;;/h4,8-10H,1,5-7H2,2-3H3;2*1H/t8-,9+;;. The van der Waals surface area contributed by atoms with Crippen LogP contribution < -0.4 is 5.32 Å². The molecule has 0 unspecified atom stereocenters. The zero-order chi connectivity index (χ0) is 8.27. The van der Waals surface area contributed by atoms with Crippen molar-refractivity contribution in [3.05, 3.63) is 12.7 Å². The number of nitrogens with zero attached hydrogens (tertiary/aromatic N) is 1. The minimum Gasteiger partial charge on any atom is -0.314 e. The lowest BCUT2D eigenvalue weighted by Crippen LogP contribution is -2.54. The van der Waals surface area contributed by atoms with Gasteiger partial charge < -0.3 is 5.32 Å². The molecule has 80 valence electrons. The Morgan fingerprint density at radius 1 is 1.31 bits per heavy atom. The van der Waals surface area contributed by atoms with E-state index in [1.54, 1.807) is 0 Å². The van der Waals surface area contributed by atoms with E-state index in [0.717, 1.165) is 19.6 Å². The van der Waals surface area contributed by atoms with E-state index in [1.807, 2.05) is 6.08 Å². The molecule has 1 aliphatic rings. The predicted molar refractivity (Wildman–Crippen MR) is 63.2 cm³/mol. The minimum atomic E-state index is 0. The maximum Gasteiger partial charge on any atom is 0.0199 e. The Bertz CT molecular complexity index is 132. The summed E-state index contributed by atoms with van der Waals surface area (Å²) < 4.78 is 0. The number of hydrogen-bond acceptors (Lipinski definition) is 2. The molecule has 0 bridgehead atoms. The molecule has 1 fully saturated rings. The summed E-state index contributed by atoms with van der Waals surface area (Å²) in [5, 5.41) is 3.40. The Hall–Kier alpha value is 0.240. The number of nitrogens with one attached hydrogen (secondary N) is 1. The molecule has 0 aromatic heterocycles. The van der Waals surface area contributed by atoms with Gasteiger partial charge in [-0.15, -0.1) is 31.4 Å². The van der Waals surface area contributed by atoms with Gasteiger partial charge in [0.25, 0.3) is 0 Å². The number of hydrogen-bond donors (Lipinski definition) is 1. The van der Waals surface area contributed by atoms with Crippen molar-refractivity contribution in [2.45, 2.75) is 25.9 Å². The molecule has 13 heavy (non-hydrogen) atoms. The summed E-state index contributed by atoms with van der Waals surface area (Å²) in [6.45, 7) is 11.5. The van der Waals surface area contributed by atoms with Gasteiger partial charge in [-0.2, -0.15) is 0 Å². The van der Waals surface area contributed by atoms with Crippen LogP contribution in [0.15, 0.2) is 12.7 Å². The fourth-order valence-corrected chi connectivity index (χ4v) is 1.68. The molecular weight excluding hydrogens is 207 g/mol. The van der Waals surface area contributed by atoms with Gasteiger partial charge in [-0.25, -0.2) is 0 Å². The van der Waals surface area contributed by atoms with Crippen molar-refractivity contribution in [2.75, 3.05) is 19.6 Å². The van der Waals surface area contributed by atoms with Crippen LogP contribution in [0.1, 0.15) is 13.8 Å². The predicted octanol–water partition coefficient (Wildman–Crippen LogP) is 1.70. The smallest absolute Gasteiger partial charge is 0.0199 e. The highest BCUT2D eigenvalue weighted by Crippen LogP contribution is 2.08. The molecule has 1 rings (SSSR count). The van der Waals surface area contributed by atoms with Crippen LogP contribution in [0.2, 0.25) is 0 Å². The summed E-state index contributed by atoms with van der Waals surface area (Å²) in [5.74, 6) is 0. The van der Waals surface area contributed by atoms with E-state index < -0.39 is 0 Å². The second kappa shape index (κ2) is 7.63. The second-order valence-electron chi connectivity index (χ2n) is 3.34. The van der Waals surface area contributed by atoms with E-state index >= 15 is 0 Å². The monoisotopic (exact) mass is 226 g/mol. The molecule has 0 aromatic carbocycles. The molecule has 0 radical (unpaired) electrons. The van der Waals surface area contributed by atoms with Crippen LogP contribution in [0.4, 0.5) is 0 Å². The maximum absolute atomic E-state index is 3.76. The van der Waals surface area contributed by atoms with Gasteiger partial charge in [-0.05, 0) is 13.8 Å². The minimum absolute atomic E-state index is 0. The first-order chi connectivity index (χ1) is 5.25. The van der Waals surface area contributed by atoms with Crippen LogP contribution in [0.5, 0.6) is 0 Å². The van der Waals surface area contributed by atoms with E-state index in [-0.39, 0.29) is 24.8 Å². The normalized spacial score (nSPS) is 28.5. The maximum atomic E-state index is 3.76. The van der Waals surface area contributed by atoms with Gasteiger partial charge in [-0.3, -0.25) is 4.90 Å². The van der Waals surface area contributed by atoms with E-state index in [2.05, 4.69) is 30.6 Å². The lowest BCUT2D eigenvalue weighted by atomic mass is 10.1. The van der Waals surface area contributed by atoms with Crippen LogP contribution in [0.3, 0.4) is 0 Å². The van der Waals surface area contributed by atoms with Gasteiger partial charge >= 0.3 is 0 Å². The molecule has 4 heteroatoms. The van der Waals surface area contributed by atoms with Gasteiger partial charge in [0.15, 0.2) is 0 Å². The Balaban J connectivity index is 0. The van der Waals surface area contributed by atoms with Gasteiger partial charge in [0, 0.05) is 31.7 Å². The van der Waals surface area contributed by atoms with Crippen molar-refractivity contribution in [3.8, 4) is 0 Å². The van der Waals surface area contributed by atoms with Crippen LogP contribution in [-0.4, -0.2) is 36.6 Å². The van der Waals surface area contributed by atoms with Crippen LogP contribution in [0.25, 0.3) is 0 Å². The Morgan fingerprint density at radius 3 is 2.15 bits per heavy atom. The molecule has 2 atom stereocenters. The van der Waals surface area contributed by atoms with Crippen molar-refractivity contribution in [3.63, 3.8) is 0 Å². The molecule has 1 aliphatic heterocycles. The van der Waals surface area contributed by atoms with Crippen molar-refractivity contribution in [1.29, 1.82) is 0 Å². The number of halogens is 2. The average molecular weight is 227 g/mol. The highest BCUT2D eigenvalue weighted by Gasteiger charge is 2.22. The summed E-state index contributed by atoms with van der Waals surface area (Å²) >= 11 is 0. The van der Waals surface area contributed by atoms with Gasteiger partial charge in [0.05, 0.1) is 0 Å². The zero-order valence-electron chi connectivity index (χ0n) is 8.32. The van der Waals surface area contributed by atoms with Crippen molar-refractivity contribution >= 4 is 24.8 Å². The third-order valence-corrected chi connectivity index (χ3v) is 2.35. The molecule has 1 heterocycles. The van der Waals surface area contributed by atoms with Crippen LogP contribution in [-0.2, 0) is 0 Å². The summed E-state index contributed by atoms with van der Waals surface area (Å²) in [6, 6.07) is 1.30. The third kappa shape index (κ3) is 4.32. The molecule has 0 saturated carbocycles. The highest BCUT2D eigenvalue weighted by molar-refractivity contribution is 5.85. The van der Waals surface area contributed by atoms with E-state index in [4.69, 9.17) is 0 Å². The first-order valence-corrected chi connectivity index (χ1v) is 4.33. The number of rotatable bonds is 2. The second-order valence-corrected chi connectivity index (χ2v) is 3.34. The molecular formula is C9H20Cl2N2. The molecule has 0 spiro atoms. The summed E-state index contributed by atoms with van der Waals surface area (Å²) in [4.78, 5) is 2.48. The van der Waals surface area contributed by atoms with E-state index in [1.165, 1.54) is 0 Å². The SMILES string of the molecule is C=CCN1[C@H](C)CNC[C@@H]1C.Cl.Cl. The van der Waals surface area contributed by atoms with Crippen molar-refractivity contribution < 1.29 is 0 Å². The fourth-order valence-electron chi connectivity index (χ4n) is 1.68. The van der Waals surface area contributed by atoms with Gasteiger partial charge in [-0.1, -0.05) is 6.08 Å². The van der Waals surface area contributed by atoms with E-state index in [0.29, 0.717) is 12.1 Å². The first kappa shape index (κ1) is 15.7. The summed E-state index contributed by atoms with van der Waals surface area (Å²) in [6.07, 6.45) is 1.98. The lowest BCUT2D eigenvalue weighted by Gasteiger charge is -2.38. The largest absolute Gasteiger partial charge is 0.314 e. The highest BCUT2D eigenvalue weighted by atomic mass is 35.5. The third-order valence-electron chi connectivity index (χ3n) is 2.35. The molecule has 0 aromatic rings. The van der Waals surface area contributed by atoms with Crippen LogP contribution in [0, 0.1) is 0 Å². The Labute approximate surface area is 93.6 Å². The van der Waals surface area contributed by atoms with Gasteiger partial charge in [0.2, 0.25) is 0 Å². The fraction of sp³-hybridized carbons (Fsp3) is 0.778.